The van der Waals surface area contributed by atoms with Gasteiger partial charge in [-0.25, -0.2) is 4.79 Å². The predicted octanol–water partition coefficient (Wildman–Crippen LogP) is 3.04. The molecule has 6 heteroatoms. The van der Waals surface area contributed by atoms with Gasteiger partial charge < -0.3 is 19.7 Å². The van der Waals surface area contributed by atoms with Crippen molar-refractivity contribution < 1.29 is 24.5 Å². The van der Waals surface area contributed by atoms with Crippen LogP contribution < -0.4 is 9.47 Å². The van der Waals surface area contributed by atoms with Crippen LogP contribution in [0.15, 0.2) is 36.4 Å². The molecule has 3 aliphatic carbocycles. The maximum absolute atomic E-state index is 12.4. The number of aliphatic hydroxyl groups is 2. The molecule has 2 heterocycles. The summed E-state index contributed by atoms with van der Waals surface area (Å²) in [5, 5.41) is 23.4. The van der Waals surface area contributed by atoms with Gasteiger partial charge in [-0.15, -0.1) is 0 Å². The minimum absolute atomic E-state index is 0.0288. The first-order chi connectivity index (χ1) is 16.0. The fraction of sp³-hybridized carbons (Fsp3) is 0.593. The van der Waals surface area contributed by atoms with Gasteiger partial charge in [0.15, 0.2) is 11.5 Å². The highest BCUT2D eigenvalue weighted by atomic mass is 16.6. The zero-order chi connectivity index (χ0) is 22.8. The van der Waals surface area contributed by atoms with E-state index in [2.05, 4.69) is 4.90 Å². The van der Waals surface area contributed by atoms with E-state index < -0.39 is 29.2 Å². The van der Waals surface area contributed by atoms with Crippen LogP contribution in [0.2, 0.25) is 0 Å². The summed E-state index contributed by atoms with van der Waals surface area (Å²) in [7, 11) is 0. The van der Waals surface area contributed by atoms with Crippen LogP contribution in [0.5, 0.6) is 11.5 Å². The Hall–Kier alpha value is -2.15. The molecule has 6 nitrogen and oxygen atoms in total. The minimum Gasteiger partial charge on any atom is -0.482 e. The fourth-order valence-corrected chi connectivity index (χ4v) is 7.29. The number of likely N-dealkylation sites (tertiary alicyclic amines) is 1. The second kappa shape index (κ2) is 7.69. The first kappa shape index (κ1) is 21.4. The summed E-state index contributed by atoms with van der Waals surface area (Å²) in [6, 6.07) is 3.87. The van der Waals surface area contributed by atoms with E-state index in [9.17, 15) is 15.0 Å². The van der Waals surface area contributed by atoms with Crippen molar-refractivity contribution in [2.45, 2.75) is 81.1 Å². The lowest BCUT2D eigenvalue weighted by Crippen LogP contribution is -2.77. The maximum atomic E-state index is 12.4. The summed E-state index contributed by atoms with van der Waals surface area (Å²) in [4.78, 5) is 14.9. The third-order valence-corrected chi connectivity index (χ3v) is 8.99. The molecule has 3 fully saturated rings. The van der Waals surface area contributed by atoms with Crippen molar-refractivity contribution in [2.75, 3.05) is 13.1 Å². The average Bonchev–Trinajstić information content (AvgIpc) is 3.12. The fourth-order valence-electron chi connectivity index (χ4n) is 7.29. The van der Waals surface area contributed by atoms with Crippen LogP contribution >= 0.6 is 0 Å². The highest BCUT2D eigenvalue weighted by molar-refractivity contribution is 5.85. The molecule has 6 rings (SSSR count). The van der Waals surface area contributed by atoms with E-state index in [0.717, 1.165) is 43.0 Å². The lowest BCUT2D eigenvalue weighted by molar-refractivity contribution is -0.209. The predicted molar refractivity (Wildman–Crippen MR) is 123 cm³/mol. The molecule has 0 unspecified atom stereocenters. The van der Waals surface area contributed by atoms with Crippen LogP contribution in [-0.2, 0) is 16.6 Å². The molecule has 1 saturated heterocycles. The molecule has 0 radical (unpaired) electrons. The van der Waals surface area contributed by atoms with E-state index in [0.29, 0.717) is 24.3 Å². The van der Waals surface area contributed by atoms with E-state index >= 15 is 0 Å². The normalized spacial score (nSPS) is 37.1. The number of carbonyl (C=O) groups excluding carboxylic acids is 1. The number of aliphatic hydroxyl groups excluding tert-OH is 1. The van der Waals surface area contributed by atoms with Gasteiger partial charge in [-0.3, -0.25) is 4.90 Å². The summed E-state index contributed by atoms with van der Waals surface area (Å²) >= 11 is 0. The molecule has 5 atom stereocenters. The topological polar surface area (TPSA) is 79.2 Å². The molecule has 176 valence electrons. The zero-order valence-corrected chi connectivity index (χ0v) is 19.2. The number of allylic oxidation sites excluding steroid dienone is 3. The molecule has 1 aromatic carbocycles. The number of benzene rings is 1. The number of nitrogens with zero attached hydrogens (tertiary/aromatic N) is 1. The average molecular weight is 452 g/mol. The van der Waals surface area contributed by atoms with E-state index in [1.807, 2.05) is 25.1 Å². The molecule has 2 N–H and O–H groups in total. The molecule has 5 aliphatic rings. The number of hydrogen-bond donors (Lipinski definition) is 2. The summed E-state index contributed by atoms with van der Waals surface area (Å²) in [5.41, 5.74) is 0.512. The van der Waals surface area contributed by atoms with Crippen LogP contribution in [0, 0.1) is 5.92 Å². The molecule has 33 heavy (non-hydrogen) atoms. The number of esters is 1. The number of carbonyl (C=O) groups is 1. The van der Waals surface area contributed by atoms with Gasteiger partial charge >= 0.3 is 5.97 Å². The molecule has 2 bridgehead atoms. The lowest BCUT2D eigenvalue weighted by Gasteiger charge is -2.64. The summed E-state index contributed by atoms with van der Waals surface area (Å²) in [6.45, 7) is 3.82. The van der Waals surface area contributed by atoms with Crippen molar-refractivity contribution in [3.05, 3.63) is 47.6 Å². The molecule has 0 aromatic heterocycles. The Morgan fingerprint density at radius 3 is 2.88 bits per heavy atom. The van der Waals surface area contributed by atoms with Gasteiger partial charge in [0.1, 0.15) is 6.10 Å². The Morgan fingerprint density at radius 2 is 2.12 bits per heavy atom. The molecular formula is C27H33NO5. The first-order valence-corrected chi connectivity index (χ1v) is 12.5. The minimum atomic E-state index is -0.953. The van der Waals surface area contributed by atoms with E-state index in [-0.39, 0.29) is 6.04 Å². The van der Waals surface area contributed by atoms with Crippen LogP contribution in [0.3, 0.4) is 0 Å². The monoisotopic (exact) mass is 451 g/mol. The van der Waals surface area contributed by atoms with Gasteiger partial charge in [0.05, 0.1) is 17.1 Å². The standard InChI is InChI=1S/C27H33NO5/c1-2-3-4-8-22(30)32-20-10-9-18-15-21-27(31)12-11-19(29)25-26(27,23(18)24(20)33-25)13-14-28(21)16-17-6-5-7-17/h2-4,8-10,17,19,21,25,29,31H,5-7,11-16H2,1H3/b3-2+,8-4+/t19-,21+,25-,26-,27+/m0/s1. The number of ether oxygens (including phenoxy) is 2. The number of piperidine rings is 1. The summed E-state index contributed by atoms with van der Waals surface area (Å²) in [5.74, 6) is 1.18. The van der Waals surface area contributed by atoms with Crippen LogP contribution in [0.25, 0.3) is 0 Å². The largest absolute Gasteiger partial charge is 0.482 e. The quantitative estimate of drug-likeness (QED) is 0.310. The smallest absolute Gasteiger partial charge is 0.336 e. The van der Waals surface area contributed by atoms with E-state index in [4.69, 9.17) is 9.47 Å². The second-order valence-corrected chi connectivity index (χ2v) is 10.5. The van der Waals surface area contributed by atoms with Crippen molar-refractivity contribution in [3.63, 3.8) is 0 Å². The van der Waals surface area contributed by atoms with Gasteiger partial charge in [-0.1, -0.05) is 30.7 Å². The van der Waals surface area contributed by atoms with Crippen molar-refractivity contribution in [2.24, 2.45) is 5.92 Å². The van der Waals surface area contributed by atoms with Gasteiger partial charge in [-0.05, 0) is 69.5 Å². The number of hydrogen-bond acceptors (Lipinski definition) is 6. The van der Waals surface area contributed by atoms with Gasteiger partial charge in [0.25, 0.3) is 0 Å². The van der Waals surface area contributed by atoms with Crippen LogP contribution in [-0.4, -0.2) is 58.0 Å². The van der Waals surface area contributed by atoms with Crippen molar-refractivity contribution in [3.8, 4) is 11.5 Å². The van der Waals surface area contributed by atoms with Crippen LogP contribution in [0.1, 0.15) is 56.6 Å². The van der Waals surface area contributed by atoms with Crippen LogP contribution in [0.4, 0.5) is 0 Å². The highest BCUT2D eigenvalue weighted by Crippen LogP contribution is 2.65. The molecule has 2 saturated carbocycles. The summed E-state index contributed by atoms with van der Waals surface area (Å²) < 4.78 is 12.1. The molecule has 0 amide bonds. The Morgan fingerprint density at radius 1 is 1.27 bits per heavy atom. The Kier molecular flexibility index (Phi) is 4.98. The highest BCUT2D eigenvalue weighted by Gasteiger charge is 2.73. The molecule has 1 aromatic rings. The SMILES string of the molecule is C/C=C/C=C/C(=O)Oc1ccc2c3c1O[C@H]1[C@@H](O)CC[C@@]4(O)[C@@H](C2)N(CC2CCC2)CC[C@]314. The zero-order valence-electron chi connectivity index (χ0n) is 19.2. The van der Waals surface area contributed by atoms with Gasteiger partial charge in [0.2, 0.25) is 0 Å². The summed E-state index contributed by atoms with van der Waals surface area (Å²) in [6.07, 6.45) is 11.9. The Bertz CT molecular complexity index is 1030. The third kappa shape index (κ3) is 2.93. The lowest BCUT2D eigenvalue weighted by atomic mass is 9.48. The van der Waals surface area contributed by atoms with Crippen molar-refractivity contribution in [1.29, 1.82) is 0 Å². The van der Waals surface area contributed by atoms with E-state index in [1.165, 1.54) is 25.3 Å². The molecule has 2 aliphatic heterocycles. The Balaban J connectivity index is 1.41. The van der Waals surface area contributed by atoms with Gasteiger partial charge in [0, 0.05) is 24.2 Å². The number of rotatable bonds is 5. The van der Waals surface area contributed by atoms with E-state index in [1.54, 1.807) is 12.2 Å². The van der Waals surface area contributed by atoms with Gasteiger partial charge in [-0.2, -0.15) is 0 Å². The van der Waals surface area contributed by atoms with Crippen molar-refractivity contribution >= 4 is 5.97 Å². The molecular weight excluding hydrogens is 418 g/mol. The Labute approximate surface area is 194 Å². The molecule has 1 spiro atoms. The first-order valence-electron chi connectivity index (χ1n) is 12.5. The third-order valence-electron chi connectivity index (χ3n) is 8.99. The maximum Gasteiger partial charge on any atom is 0.336 e. The second-order valence-electron chi connectivity index (χ2n) is 10.5. The van der Waals surface area contributed by atoms with Crippen molar-refractivity contribution in [1.82, 2.24) is 4.90 Å².